The third-order valence-electron chi connectivity index (χ3n) is 5.44. The minimum atomic E-state index is 0.669. The van der Waals surface area contributed by atoms with Gasteiger partial charge in [-0.3, -0.25) is 0 Å². The Kier molecular flexibility index (Phi) is 3.57. The lowest BCUT2D eigenvalue weighted by Gasteiger charge is -2.41. The molecule has 4 heteroatoms. The Morgan fingerprint density at radius 2 is 1.80 bits per heavy atom. The van der Waals surface area contributed by atoms with Crippen molar-refractivity contribution in [2.75, 3.05) is 30.8 Å². The molecule has 2 aliphatic rings. The van der Waals surface area contributed by atoms with Crippen LogP contribution in [-0.4, -0.2) is 28.0 Å². The molecule has 3 nitrogen and oxygen atoms in total. The molecule has 2 N–H and O–H groups in total. The molecular weight excluding hydrogens is 247 g/mol. The first-order chi connectivity index (χ1) is 9.65. The molecule has 1 spiro atoms. The van der Waals surface area contributed by atoms with E-state index in [9.17, 15) is 0 Å². The van der Waals surface area contributed by atoms with Crippen molar-refractivity contribution in [1.82, 2.24) is 0 Å². The van der Waals surface area contributed by atoms with Gasteiger partial charge in [0, 0.05) is 18.8 Å². The zero-order valence-corrected chi connectivity index (χ0v) is 12.7. The van der Waals surface area contributed by atoms with E-state index in [0.717, 1.165) is 11.4 Å². The van der Waals surface area contributed by atoms with Crippen LogP contribution in [0.3, 0.4) is 0 Å². The van der Waals surface area contributed by atoms with Gasteiger partial charge in [0.15, 0.2) is 0 Å². The summed E-state index contributed by atoms with van der Waals surface area (Å²) in [5.74, 6) is 0.837. The Hall–Kier alpha value is -1.32. The number of ether oxygens (including phenoxy) is 1. The predicted octanol–water partition coefficient (Wildman–Crippen LogP) is 1.70. The van der Waals surface area contributed by atoms with Crippen molar-refractivity contribution in [2.24, 2.45) is 5.41 Å². The van der Waals surface area contributed by atoms with Crippen LogP contribution in [0.2, 0.25) is 0 Å². The molecule has 1 saturated carbocycles. The number of rotatable bonds is 2. The first-order valence-electron chi connectivity index (χ1n) is 7.83. The van der Waals surface area contributed by atoms with Gasteiger partial charge in [-0.1, -0.05) is 12.8 Å². The van der Waals surface area contributed by atoms with Gasteiger partial charge in [-0.25, -0.2) is 0 Å². The highest BCUT2D eigenvalue weighted by Crippen LogP contribution is 2.46. The summed E-state index contributed by atoms with van der Waals surface area (Å²) in [7, 11) is 3.82. The molecular formula is C16H25BN2O. The second-order valence-corrected chi connectivity index (χ2v) is 6.53. The molecule has 1 aromatic rings. The summed E-state index contributed by atoms with van der Waals surface area (Å²) in [6.45, 7) is 2.35. The van der Waals surface area contributed by atoms with Gasteiger partial charge in [-0.05, 0) is 48.7 Å². The molecule has 20 heavy (non-hydrogen) atoms. The zero-order chi connectivity index (χ0) is 14.2. The Morgan fingerprint density at radius 1 is 1.15 bits per heavy atom. The van der Waals surface area contributed by atoms with E-state index >= 15 is 0 Å². The smallest absolute Gasteiger partial charge is 0.147 e. The number of nitrogen functional groups attached to an aromatic ring is 1. The lowest BCUT2D eigenvalue weighted by molar-refractivity contribution is 0.226. The third kappa shape index (κ3) is 2.25. The highest BCUT2D eigenvalue weighted by Gasteiger charge is 2.37. The normalized spacial score (nSPS) is 21.4. The van der Waals surface area contributed by atoms with Crippen LogP contribution in [0.5, 0.6) is 5.75 Å². The van der Waals surface area contributed by atoms with Gasteiger partial charge in [0.05, 0.1) is 12.8 Å². The molecule has 1 heterocycles. The fraction of sp³-hybridized carbons (Fsp3) is 0.625. The van der Waals surface area contributed by atoms with Crippen LogP contribution in [0.25, 0.3) is 0 Å². The molecule has 108 valence electrons. The van der Waals surface area contributed by atoms with E-state index in [4.69, 9.17) is 10.5 Å². The molecule has 0 radical (unpaired) electrons. The molecule has 0 unspecified atom stereocenters. The van der Waals surface area contributed by atoms with Crippen molar-refractivity contribution < 1.29 is 4.74 Å². The van der Waals surface area contributed by atoms with Gasteiger partial charge in [0.25, 0.3) is 0 Å². The summed E-state index contributed by atoms with van der Waals surface area (Å²) in [6.07, 6.45) is 8.47. The first-order valence-corrected chi connectivity index (χ1v) is 7.83. The van der Waals surface area contributed by atoms with Crippen molar-refractivity contribution in [2.45, 2.75) is 38.5 Å². The topological polar surface area (TPSA) is 38.5 Å². The number of nitrogens with zero attached hydrogens (tertiary/aromatic N) is 1. The van der Waals surface area contributed by atoms with Crippen LogP contribution in [-0.2, 0) is 0 Å². The maximum Gasteiger partial charge on any atom is 0.147 e. The van der Waals surface area contributed by atoms with Crippen molar-refractivity contribution in [3.05, 3.63) is 12.1 Å². The summed E-state index contributed by atoms with van der Waals surface area (Å²) in [5, 5.41) is 0. The summed E-state index contributed by atoms with van der Waals surface area (Å²) in [4.78, 5) is 2.51. The summed E-state index contributed by atoms with van der Waals surface area (Å²) < 4.78 is 5.45. The Labute approximate surface area is 122 Å². The van der Waals surface area contributed by atoms with Gasteiger partial charge in [0.1, 0.15) is 13.6 Å². The summed E-state index contributed by atoms with van der Waals surface area (Å²) in [5.41, 5.74) is 9.86. The number of benzene rings is 1. The van der Waals surface area contributed by atoms with Gasteiger partial charge >= 0.3 is 0 Å². The van der Waals surface area contributed by atoms with E-state index in [2.05, 4.69) is 18.8 Å². The van der Waals surface area contributed by atoms with Gasteiger partial charge in [-0.15, -0.1) is 0 Å². The standard InChI is InChI=1S/C16H25BN2O/c1-20-15-12(18)4-5-13(14(15)17)19-10-8-16(9-11-19)6-2-3-7-16/h4-5H,2-3,6-11,17-18H2,1H3. The second-order valence-electron chi connectivity index (χ2n) is 6.53. The molecule has 0 bridgehead atoms. The van der Waals surface area contributed by atoms with E-state index in [1.807, 2.05) is 6.07 Å². The summed E-state index contributed by atoms with van der Waals surface area (Å²) in [6, 6.07) is 4.13. The lowest BCUT2D eigenvalue weighted by Crippen LogP contribution is -2.41. The van der Waals surface area contributed by atoms with Crippen LogP contribution in [0, 0.1) is 5.41 Å². The number of hydrogen-bond acceptors (Lipinski definition) is 3. The van der Waals surface area contributed by atoms with Crippen LogP contribution >= 0.6 is 0 Å². The molecule has 3 rings (SSSR count). The van der Waals surface area contributed by atoms with Crippen LogP contribution in [0.15, 0.2) is 12.1 Å². The van der Waals surface area contributed by atoms with Crippen molar-refractivity contribution in [3.8, 4) is 5.75 Å². The van der Waals surface area contributed by atoms with E-state index in [1.54, 1.807) is 7.11 Å². The average Bonchev–Trinajstić information content (AvgIpc) is 2.89. The maximum atomic E-state index is 5.98. The largest absolute Gasteiger partial charge is 0.495 e. The number of hydrogen-bond donors (Lipinski definition) is 1. The van der Waals surface area contributed by atoms with E-state index in [-0.39, 0.29) is 0 Å². The maximum absolute atomic E-state index is 5.98. The van der Waals surface area contributed by atoms with E-state index in [1.165, 1.54) is 62.8 Å². The number of piperidine rings is 1. The quantitative estimate of drug-likeness (QED) is 0.658. The van der Waals surface area contributed by atoms with Crippen molar-refractivity contribution >= 4 is 24.7 Å². The molecule has 0 atom stereocenters. The second kappa shape index (κ2) is 5.23. The third-order valence-corrected chi connectivity index (χ3v) is 5.44. The Morgan fingerprint density at radius 3 is 2.40 bits per heavy atom. The van der Waals surface area contributed by atoms with Gasteiger partial charge in [-0.2, -0.15) is 0 Å². The average molecular weight is 272 g/mol. The Balaban J connectivity index is 1.78. The molecule has 2 fully saturated rings. The van der Waals surface area contributed by atoms with E-state index < -0.39 is 0 Å². The molecule has 0 aromatic heterocycles. The molecule has 0 amide bonds. The minimum absolute atomic E-state index is 0.669. The minimum Gasteiger partial charge on any atom is -0.495 e. The number of nitrogens with two attached hydrogens (primary N) is 1. The lowest BCUT2D eigenvalue weighted by atomic mass is 9.76. The molecule has 1 aliphatic heterocycles. The van der Waals surface area contributed by atoms with Crippen molar-refractivity contribution in [1.29, 1.82) is 0 Å². The number of methoxy groups -OCH3 is 1. The van der Waals surface area contributed by atoms with Gasteiger partial charge < -0.3 is 15.4 Å². The van der Waals surface area contributed by atoms with Gasteiger partial charge in [0.2, 0.25) is 0 Å². The fourth-order valence-corrected chi connectivity index (χ4v) is 4.16. The van der Waals surface area contributed by atoms with Crippen molar-refractivity contribution in [3.63, 3.8) is 0 Å². The molecule has 1 aromatic carbocycles. The van der Waals surface area contributed by atoms with E-state index in [0.29, 0.717) is 5.41 Å². The van der Waals surface area contributed by atoms with Crippen LogP contribution in [0.1, 0.15) is 38.5 Å². The van der Waals surface area contributed by atoms with Crippen LogP contribution < -0.4 is 20.8 Å². The first kappa shape index (κ1) is 13.7. The highest BCUT2D eigenvalue weighted by molar-refractivity contribution is 6.38. The zero-order valence-electron chi connectivity index (χ0n) is 12.7. The fourth-order valence-electron chi connectivity index (χ4n) is 4.16. The predicted molar refractivity (Wildman–Crippen MR) is 87.9 cm³/mol. The molecule has 1 saturated heterocycles. The summed E-state index contributed by atoms with van der Waals surface area (Å²) >= 11 is 0. The Bertz CT molecular complexity index is 487. The van der Waals surface area contributed by atoms with Crippen LogP contribution in [0.4, 0.5) is 11.4 Å². The highest BCUT2D eigenvalue weighted by atomic mass is 16.5. The SMILES string of the molecule is Bc1c(N2CCC3(CCCC3)CC2)ccc(N)c1OC. The monoisotopic (exact) mass is 272 g/mol. The molecule has 1 aliphatic carbocycles. The number of anilines is 2.